The van der Waals surface area contributed by atoms with Crippen molar-refractivity contribution < 1.29 is 26.8 Å². The van der Waals surface area contributed by atoms with Gasteiger partial charge in [0, 0.05) is 19.2 Å². The number of nitrogens with zero attached hydrogens (tertiary/aromatic N) is 5. The summed E-state index contributed by atoms with van der Waals surface area (Å²) in [5, 5.41) is 18.0. The van der Waals surface area contributed by atoms with Gasteiger partial charge in [0.15, 0.2) is 12.4 Å². The fraction of sp³-hybridized carbons (Fsp3) is 0.429. The topological polar surface area (TPSA) is 142 Å². The van der Waals surface area contributed by atoms with E-state index in [0.717, 1.165) is 20.0 Å². The van der Waals surface area contributed by atoms with E-state index in [-0.39, 0.29) is 17.1 Å². The van der Waals surface area contributed by atoms with Crippen molar-refractivity contribution in [2.24, 2.45) is 17.3 Å². The second-order valence-electron chi connectivity index (χ2n) is 5.43. The maximum absolute atomic E-state index is 12.1. The van der Waals surface area contributed by atoms with Crippen molar-refractivity contribution >= 4 is 21.8 Å². The zero-order chi connectivity index (χ0) is 19.3. The molecule has 1 aliphatic rings. The first kappa shape index (κ1) is 19.8. The number of azo groups is 1. The fourth-order valence-electron chi connectivity index (χ4n) is 2.36. The SMILES string of the molecule is COS(=O)(=O)[O-].C[n+]1cccc(/N=N/c2c(O)n3n(c2=O)CCCC3)c1. The zero-order valence-corrected chi connectivity index (χ0v) is 15.1. The minimum Gasteiger partial charge on any atom is -0.726 e. The standard InChI is InChI=1S/C13H15N5O2.CH4O4S/c1-16-6-4-5-10(9-16)14-15-11-12(19)17-7-2-3-8-18(17)13(11)20;1-5-6(2,3)4/h4-6,9H,2-3,7-8H2,1H3;1H3,(H,2,3,4). The van der Waals surface area contributed by atoms with Gasteiger partial charge in [0.05, 0.1) is 7.11 Å². The zero-order valence-electron chi connectivity index (χ0n) is 14.3. The monoisotopic (exact) mass is 385 g/mol. The van der Waals surface area contributed by atoms with Crippen LogP contribution in [0.3, 0.4) is 0 Å². The molecule has 0 radical (unpaired) electrons. The molecule has 12 heteroatoms. The van der Waals surface area contributed by atoms with Gasteiger partial charge < -0.3 is 9.66 Å². The van der Waals surface area contributed by atoms with Crippen LogP contribution in [0.2, 0.25) is 0 Å². The molecule has 0 saturated carbocycles. The van der Waals surface area contributed by atoms with Gasteiger partial charge in [-0.15, -0.1) is 10.2 Å². The Morgan fingerprint density at radius 1 is 1.27 bits per heavy atom. The van der Waals surface area contributed by atoms with Crippen LogP contribution >= 0.6 is 0 Å². The van der Waals surface area contributed by atoms with Crippen LogP contribution in [-0.2, 0) is 34.7 Å². The Morgan fingerprint density at radius 3 is 2.42 bits per heavy atom. The highest BCUT2D eigenvalue weighted by Crippen LogP contribution is 2.27. The number of rotatable bonds is 3. The van der Waals surface area contributed by atoms with Crippen molar-refractivity contribution in [3.63, 3.8) is 0 Å². The summed E-state index contributed by atoms with van der Waals surface area (Å²) in [6.45, 7) is 1.25. The molecule has 0 fully saturated rings. The molecule has 2 aromatic heterocycles. The largest absolute Gasteiger partial charge is 0.726 e. The van der Waals surface area contributed by atoms with Gasteiger partial charge in [-0.25, -0.2) is 22.3 Å². The Balaban J connectivity index is 0.000000352. The molecule has 3 rings (SSSR count). The second kappa shape index (κ2) is 8.21. The van der Waals surface area contributed by atoms with Crippen molar-refractivity contribution in [2.45, 2.75) is 25.9 Å². The molecular formula is C14H19N5O6S. The highest BCUT2D eigenvalue weighted by atomic mass is 32.3. The minimum atomic E-state index is -4.41. The summed E-state index contributed by atoms with van der Waals surface area (Å²) in [7, 11) is -1.73. The average molecular weight is 385 g/mol. The van der Waals surface area contributed by atoms with E-state index in [4.69, 9.17) is 0 Å². The Morgan fingerprint density at radius 2 is 1.88 bits per heavy atom. The van der Waals surface area contributed by atoms with Crippen molar-refractivity contribution in [1.29, 1.82) is 0 Å². The Hall–Kier alpha value is -2.57. The van der Waals surface area contributed by atoms with Gasteiger partial charge in [-0.1, -0.05) is 0 Å². The lowest BCUT2D eigenvalue weighted by molar-refractivity contribution is -0.670. The van der Waals surface area contributed by atoms with E-state index in [1.165, 1.54) is 4.68 Å². The van der Waals surface area contributed by atoms with Crippen LogP contribution in [0.5, 0.6) is 5.88 Å². The lowest BCUT2D eigenvalue weighted by Crippen LogP contribution is -2.26. The third kappa shape index (κ3) is 4.97. The molecule has 0 unspecified atom stereocenters. The van der Waals surface area contributed by atoms with Crippen molar-refractivity contribution in [1.82, 2.24) is 9.36 Å². The molecule has 1 aliphatic heterocycles. The Labute approximate surface area is 149 Å². The molecule has 142 valence electrons. The van der Waals surface area contributed by atoms with Crippen LogP contribution in [-0.4, -0.2) is 34.6 Å². The minimum absolute atomic E-state index is 0.0124. The van der Waals surface area contributed by atoms with E-state index >= 15 is 0 Å². The van der Waals surface area contributed by atoms with Crippen LogP contribution in [0.1, 0.15) is 12.8 Å². The molecule has 0 aliphatic carbocycles. The molecule has 0 spiro atoms. The second-order valence-corrected chi connectivity index (χ2v) is 6.58. The molecular weight excluding hydrogens is 366 g/mol. The average Bonchev–Trinajstić information content (AvgIpc) is 2.84. The number of pyridine rings is 1. The van der Waals surface area contributed by atoms with Gasteiger partial charge in [0.25, 0.3) is 5.56 Å². The number of aryl methyl sites for hydroxylation is 1. The molecule has 0 aromatic carbocycles. The highest BCUT2D eigenvalue weighted by Gasteiger charge is 2.21. The first-order chi connectivity index (χ1) is 12.2. The smallest absolute Gasteiger partial charge is 0.298 e. The Bertz CT molecular complexity index is 963. The lowest BCUT2D eigenvalue weighted by Gasteiger charge is -2.16. The number of aromatic nitrogens is 3. The molecule has 1 N–H and O–H groups in total. The number of fused-ring (bicyclic) bond motifs is 1. The fourth-order valence-corrected chi connectivity index (χ4v) is 2.36. The number of aromatic hydroxyl groups is 1. The van der Waals surface area contributed by atoms with Crippen LogP contribution < -0.4 is 10.1 Å². The molecule has 0 bridgehead atoms. The van der Waals surface area contributed by atoms with Gasteiger partial charge >= 0.3 is 0 Å². The summed E-state index contributed by atoms with van der Waals surface area (Å²) in [5.74, 6) is -0.0984. The third-order valence-electron chi connectivity index (χ3n) is 3.57. The first-order valence-corrected chi connectivity index (χ1v) is 8.97. The summed E-state index contributed by atoms with van der Waals surface area (Å²) >= 11 is 0. The Kier molecular flexibility index (Phi) is 6.23. The van der Waals surface area contributed by atoms with Crippen LogP contribution in [0.15, 0.2) is 39.5 Å². The van der Waals surface area contributed by atoms with E-state index in [1.54, 1.807) is 16.9 Å². The highest BCUT2D eigenvalue weighted by molar-refractivity contribution is 7.80. The van der Waals surface area contributed by atoms with E-state index < -0.39 is 10.4 Å². The van der Waals surface area contributed by atoms with Gasteiger partial charge in [-0.05, 0) is 18.9 Å². The van der Waals surface area contributed by atoms with E-state index in [1.807, 2.05) is 23.9 Å². The van der Waals surface area contributed by atoms with E-state index in [2.05, 4.69) is 14.4 Å². The third-order valence-corrected chi connectivity index (χ3v) is 3.98. The predicted octanol–water partition coefficient (Wildman–Crippen LogP) is 0.482. The summed E-state index contributed by atoms with van der Waals surface area (Å²) < 4.78 is 36.0. The van der Waals surface area contributed by atoms with Crippen LogP contribution in [0.4, 0.5) is 11.4 Å². The summed E-state index contributed by atoms with van der Waals surface area (Å²) in [4.78, 5) is 12.1. The van der Waals surface area contributed by atoms with Crippen molar-refractivity contribution in [3.05, 3.63) is 34.9 Å². The predicted molar refractivity (Wildman–Crippen MR) is 88.1 cm³/mol. The van der Waals surface area contributed by atoms with Crippen molar-refractivity contribution in [3.8, 4) is 5.88 Å². The quantitative estimate of drug-likeness (QED) is 0.352. The molecule has 26 heavy (non-hydrogen) atoms. The van der Waals surface area contributed by atoms with Gasteiger partial charge in [0.2, 0.25) is 22.0 Å². The van der Waals surface area contributed by atoms with E-state index in [0.29, 0.717) is 18.8 Å². The molecule has 0 atom stereocenters. The van der Waals surface area contributed by atoms with Gasteiger partial charge in [0.1, 0.15) is 12.7 Å². The maximum Gasteiger partial charge on any atom is 0.298 e. The molecule has 11 nitrogen and oxygen atoms in total. The molecule has 3 heterocycles. The van der Waals surface area contributed by atoms with Crippen molar-refractivity contribution in [2.75, 3.05) is 7.11 Å². The number of hydrogen-bond acceptors (Lipinski definition) is 8. The maximum atomic E-state index is 12.1. The molecule has 0 saturated heterocycles. The van der Waals surface area contributed by atoms with Crippen LogP contribution in [0.25, 0.3) is 0 Å². The van der Waals surface area contributed by atoms with Crippen LogP contribution in [0, 0.1) is 0 Å². The molecule has 2 aromatic rings. The lowest BCUT2D eigenvalue weighted by atomic mass is 10.3. The van der Waals surface area contributed by atoms with E-state index in [9.17, 15) is 22.9 Å². The summed E-state index contributed by atoms with van der Waals surface area (Å²) in [6.07, 6.45) is 5.55. The summed E-state index contributed by atoms with van der Waals surface area (Å²) in [6, 6.07) is 3.62. The summed E-state index contributed by atoms with van der Waals surface area (Å²) in [5.41, 5.74) is 0.354. The molecule has 0 amide bonds. The first-order valence-electron chi connectivity index (χ1n) is 7.64. The normalized spacial score (nSPS) is 14.0. The number of hydrogen-bond donors (Lipinski definition) is 1. The van der Waals surface area contributed by atoms with Gasteiger partial charge in [-0.3, -0.25) is 8.98 Å². The van der Waals surface area contributed by atoms with Gasteiger partial charge in [-0.2, -0.15) is 0 Å².